The molecule has 0 saturated heterocycles. The average molecular weight is 383 g/mol. The van der Waals surface area contributed by atoms with E-state index in [0.29, 0.717) is 0 Å². The van der Waals surface area contributed by atoms with E-state index in [4.69, 9.17) is 4.98 Å². The third kappa shape index (κ3) is 3.09. The smallest absolute Gasteiger partial charge is 0.138 e. The van der Waals surface area contributed by atoms with Gasteiger partial charge in [0.05, 0.1) is 5.69 Å². The first kappa shape index (κ1) is 15.4. The number of aromatic amines is 1. The molecule has 0 unspecified atom stereocenters. The molecular formula is C19H19BrN4. The van der Waals surface area contributed by atoms with Crippen LogP contribution in [-0.2, 0) is 13.1 Å². The molecule has 0 radical (unpaired) electrons. The number of H-pyrrole nitrogens is 1. The van der Waals surface area contributed by atoms with E-state index in [9.17, 15) is 0 Å². The molecule has 0 atom stereocenters. The van der Waals surface area contributed by atoms with Crippen LogP contribution in [0.1, 0.15) is 18.2 Å². The van der Waals surface area contributed by atoms with Gasteiger partial charge in [-0.2, -0.15) is 0 Å². The molecular weight excluding hydrogens is 364 g/mol. The summed E-state index contributed by atoms with van der Waals surface area (Å²) in [4.78, 5) is 10.4. The van der Waals surface area contributed by atoms with E-state index in [1.165, 1.54) is 16.5 Å². The Bertz CT molecular complexity index is 985. The maximum Gasteiger partial charge on any atom is 0.138 e. The molecule has 0 amide bonds. The van der Waals surface area contributed by atoms with Crippen molar-refractivity contribution in [3.05, 3.63) is 70.7 Å². The summed E-state index contributed by atoms with van der Waals surface area (Å²) in [5.74, 6) is 0. The molecule has 5 heteroatoms. The second-order valence-electron chi connectivity index (χ2n) is 6.05. The maximum absolute atomic E-state index is 4.73. The molecule has 0 aliphatic carbocycles. The number of imidazole rings is 1. The van der Waals surface area contributed by atoms with Crippen molar-refractivity contribution < 1.29 is 0 Å². The Morgan fingerprint density at radius 2 is 2.08 bits per heavy atom. The predicted octanol–water partition coefficient (Wildman–Crippen LogP) is 4.60. The number of nitrogens with zero attached hydrogens (tertiary/aromatic N) is 3. The molecule has 0 spiro atoms. The molecule has 0 aliphatic rings. The van der Waals surface area contributed by atoms with E-state index >= 15 is 0 Å². The average Bonchev–Trinajstić information content (AvgIpc) is 3.19. The molecule has 1 N–H and O–H groups in total. The number of rotatable bonds is 5. The summed E-state index contributed by atoms with van der Waals surface area (Å²) < 4.78 is 3.12. The Balaban J connectivity index is 1.53. The predicted molar refractivity (Wildman–Crippen MR) is 101 cm³/mol. The van der Waals surface area contributed by atoms with Crippen molar-refractivity contribution in [1.29, 1.82) is 0 Å². The first-order valence-corrected chi connectivity index (χ1v) is 8.92. The van der Waals surface area contributed by atoms with Crippen molar-refractivity contribution in [2.24, 2.45) is 0 Å². The molecule has 0 saturated carbocycles. The summed E-state index contributed by atoms with van der Waals surface area (Å²) in [6, 6.07) is 12.8. The fourth-order valence-corrected chi connectivity index (χ4v) is 3.38. The molecule has 3 aromatic heterocycles. The van der Waals surface area contributed by atoms with Gasteiger partial charge in [0.1, 0.15) is 5.65 Å². The first-order chi connectivity index (χ1) is 11.7. The largest absolute Gasteiger partial charge is 0.361 e. The highest BCUT2D eigenvalue weighted by atomic mass is 79.9. The van der Waals surface area contributed by atoms with Gasteiger partial charge in [-0.3, -0.25) is 4.90 Å². The Hall–Kier alpha value is -2.11. The van der Waals surface area contributed by atoms with E-state index in [1.54, 1.807) is 0 Å². The summed E-state index contributed by atoms with van der Waals surface area (Å²) in [7, 11) is 0. The zero-order valence-electron chi connectivity index (χ0n) is 13.5. The summed E-state index contributed by atoms with van der Waals surface area (Å²) in [5.41, 5.74) is 4.59. The van der Waals surface area contributed by atoms with Gasteiger partial charge in [-0.15, -0.1) is 0 Å². The number of halogens is 1. The van der Waals surface area contributed by atoms with Crippen molar-refractivity contribution in [2.45, 2.75) is 20.0 Å². The Kier molecular flexibility index (Phi) is 4.12. The summed E-state index contributed by atoms with van der Waals surface area (Å²) in [6.45, 7) is 4.96. The van der Waals surface area contributed by atoms with Crippen LogP contribution in [0.25, 0.3) is 16.6 Å². The van der Waals surface area contributed by atoms with Crippen LogP contribution >= 0.6 is 15.9 Å². The van der Waals surface area contributed by atoms with Gasteiger partial charge in [0, 0.05) is 41.7 Å². The van der Waals surface area contributed by atoms with Crippen molar-refractivity contribution >= 4 is 32.5 Å². The normalized spacial score (nSPS) is 11.8. The number of pyridine rings is 1. The minimum Gasteiger partial charge on any atom is -0.361 e. The Morgan fingerprint density at radius 3 is 2.96 bits per heavy atom. The van der Waals surface area contributed by atoms with Crippen molar-refractivity contribution in [1.82, 2.24) is 19.3 Å². The van der Waals surface area contributed by atoms with Crippen LogP contribution in [0.5, 0.6) is 0 Å². The van der Waals surface area contributed by atoms with Crippen molar-refractivity contribution in [3.63, 3.8) is 0 Å². The van der Waals surface area contributed by atoms with E-state index in [0.717, 1.165) is 35.4 Å². The van der Waals surface area contributed by atoms with Crippen LogP contribution in [-0.4, -0.2) is 25.8 Å². The maximum atomic E-state index is 4.73. The number of aromatic nitrogens is 3. The fourth-order valence-electron chi connectivity index (χ4n) is 3.05. The van der Waals surface area contributed by atoms with Crippen LogP contribution in [0.15, 0.2) is 59.5 Å². The number of hydrogen-bond donors (Lipinski definition) is 1. The molecule has 3 heterocycles. The van der Waals surface area contributed by atoms with E-state index in [2.05, 4.69) is 67.6 Å². The van der Waals surface area contributed by atoms with Gasteiger partial charge in [-0.05, 0) is 47.8 Å². The summed E-state index contributed by atoms with van der Waals surface area (Å²) in [6.07, 6.45) is 6.13. The molecule has 0 bridgehead atoms. The Morgan fingerprint density at radius 1 is 1.17 bits per heavy atom. The number of benzene rings is 1. The van der Waals surface area contributed by atoms with Crippen LogP contribution in [0.2, 0.25) is 0 Å². The zero-order valence-corrected chi connectivity index (χ0v) is 15.1. The topological polar surface area (TPSA) is 36.3 Å². The van der Waals surface area contributed by atoms with Gasteiger partial charge in [0.15, 0.2) is 0 Å². The lowest BCUT2D eigenvalue weighted by molar-refractivity contribution is 0.269. The molecule has 0 fully saturated rings. The van der Waals surface area contributed by atoms with Crippen LogP contribution in [0.4, 0.5) is 0 Å². The number of nitrogens with one attached hydrogen (secondary N) is 1. The van der Waals surface area contributed by atoms with Crippen molar-refractivity contribution in [3.8, 4) is 0 Å². The van der Waals surface area contributed by atoms with Crippen LogP contribution in [0.3, 0.4) is 0 Å². The molecule has 122 valence electrons. The lowest BCUT2D eigenvalue weighted by Gasteiger charge is -2.19. The Labute approximate surface area is 149 Å². The third-order valence-electron chi connectivity index (χ3n) is 4.33. The third-order valence-corrected chi connectivity index (χ3v) is 4.82. The highest BCUT2D eigenvalue weighted by Crippen LogP contribution is 2.18. The lowest BCUT2D eigenvalue weighted by Crippen LogP contribution is -2.22. The van der Waals surface area contributed by atoms with Gasteiger partial charge in [-0.25, -0.2) is 4.98 Å². The van der Waals surface area contributed by atoms with Crippen LogP contribution < -0.4 is 0 Å². The van der Waals surface area contributed by atoms with E-state index in [1.807, 2.05) is 24.5 Å². The molecule has 4 rings (SSSR count). The summed E-state index contributed by atoms with van der Waals surface area (Å²) >= 11 is 3.50. The summed E-state index contributed by atoms with van der Waals surface area (Å²) in [5, 5.41) is 1.26. The quantitative estimate of drug-likeness (QED) is 0.547. The number of fused-ring (bicyclic) bond motifs is 2. The monoisotopic (exact) mass is 382 g/mol. The molecule has 4 aromatic rings. The van der Waals surface area contributed by atoms with E-state index in [-0.39, 0.29) is 0 Å². The SMILES string of the molecule is CCN(Cc1ccc2[nH]ccc2c1)Cc1cn2ccc(Br)cc2n1. The van der Waals surface area contributed by atoms with Crippen LogP contribution in [0, 0.1) is 0 Å². The lowest BCUT2D eigenvalue weighted by atomic mass is 10.1. The van der Waals surface area contributed by atoms with Gasteiger partial charge < -0.3 is 9.38 Å². The second-order valence-corrected chi connectivity index (χ2v) is 6.96. The highest BCUT2D eigenvalue weighted by molar-refractivity contribution is 9.10. The van der Waals surface area contributed by atoms with Gasteiger partial charge in [0.25, 0.3) is 0 Å². The minimum absolute atomic E-state index is 0.848. The first-order valence-electron chi connectivity index (χ1n) is 8.13. The van der Waals surface area contributed by atoms with Gasteiger partial charge >= 0.3 is 0 Å². The van der Waals surface area contributed by atoms with E-state index < -0.39 is 0 Å². The second kappa shape index (κ2) is 6.42. The number of hydrogen-bond acceptors (Lipinski definition) is 2. The van der Waals surface area contributed by atoms with Crippen molar-refractivity contribution in [2.75, 3.05) is 6.54 Å². The fraction of sp³-hybridized carbons (Fsp3) is 0.211. The highest BCUT2D eigenvalue weighted by Gasteiger charge is 2.09. The minimum atomic E-state index is 0.848. The standard InChI is InChI=1S/C19H19BrN4/c1-2-23(11-14-3-4-18-15(9-14)5-7-21-18)12-17-13-24-8-6-16(20)10-19(24)22-17/h3-10,13,21H,2,11-12H2,1H3. The molecule has 1 aromatic carbocycles. The van der Waals surface area contributed by atoms with Gasteiger partial charge in [0.2, 0.25) is 0 Å². The van der Waals surface area contributed by atoms with Gasteiger partial charge in [-0.1, -0.05) is 28.9 Å². The zero-order chi connectivity index (χ0) is 16.5. The molecule has 0 aliphatic heterocycles. The molecule has 4 nitrogen and oxygen atoms in total. The molecule has 24 heavy (non-hydrogen) atoms.